The van der Waals surface area contributed by atoms with Gasteiger partial charge in [0.2, 0.25) is 0 Å². The Morgan fingerprint density at radius 3 is 2.37 bits per heavy atom. The molecule has 30 heavy (non-hydrogen) atoms. The predicted molar refractivity (Wildman–Crippen MR) is 106 cm³/mol. The Kier molecular flexibility index (Phi) is 6.92. The van der Waals surface area contributed by atoms with Crippen LogP contribution in [0.5, 0.6) is 11.5 Å². The largest absolute Gasteiger partial charge is 0.508 e. The molecule has 1 aliphatic rings. The zero-order valence-electron chi connectivity index (χ0n) is 16.5. The Hall–Kier alpha value is -2.67. The number of rotatable bonds is 6. The van der Waals surface area contributed by atoms with Gasteiger partial charge in [-0.25, -0.2) is 0 Å². The summed E-state index contributed by atoms with van der Waals surface area (Å²) in [4.78, 5) is 0. The number of hydrogen-bond acceptors (Lipinski definition) is 8. The maximum atomic E-state index is 10.5. The van der Waals surface area contributed by atoms with Gasteiger partial charge in [0.15, 0.2) is 0 Å². The van der Waals surface area contributed by atoms with Crippen molar-refractivity contribution in [2.75, 3.05) is 13.2 Å². The van der Waals surface area contributed by atoms with Gasteiger partial charge in [0.1, 0.15) is 42.0 Å². The van der Waals surface area contributed by atoms with Crippen molar-refractivity contribution in [3.8, 4) is 17.6 Å². The number of aliphatic hydroxyl groups excluding tert-OH is 4. The topological polar surface area (TPSA) is 143 Å². The molecular weight excluding hydrogens is 390 g/mol. The van der Waals surface area contributed by atoms with E-state index >= 15 is 0 Å². The molecule has 0 saturated carbocycles. The Morgan fingerprint density at radius 1 is 1.07 bits per heavy atom. The van der Waals surface area contributed by atoms with E-state index in [0.29, 0.717) is 35.5 Å². The molecule has 1 fully saturated rings. The molecule has 0 bridgehead atoms. The standard InChI is InChI=1S/C22H25NO7/c1-2-29-17-9-14(10-23)13(7-12-3-5-15(25)6-4-12)8-16(17)22-21(28)20(27)19(26)18(11-24)30-22/h3-6,8-9,18-22,24-28H,2,7,11H2,1H3/t18-,19-,20+,21-,22+/m1/s1. The van der Waals surface area contributed by atoms with Crippen LogP contribution in [0.15, 0.2) is 36.4 Å². The molecule has 0 spiro atoms. The Morgan fingerprint density at radius 2 is 1.77 bits per heavy atom. The lowest BCUT2D eigenvalue weighted by atomic mass is 9.88. The van der Waals surface area contributed by atoms with Gasteiger partial charge in [-0.05, 0) is 48.7 Å². The van der Waals surface area contributed by atoms with Gasteiger partial charge in [0.25, 0.3) is 0 Å². The highest BCUT2D eigenvalue weighted by Crippen LogP contribution is 2.39. The van der Waals surface area contributed by atoms with E-state index < -0.39 is 37.1 Å². The summed E-state index contributed by atoms with van der Waals surface area (Å²) in [6.07, 6.45) is -6.21. The smallest absolute Gasteiger partial charge is 0.126 e. The molecule has 0 unspecified atom stereocenters. The number of nitriles is 1. The normalized spacial score (nSPS) is 26.2. The van der Waals surface area contributed by atoms with Crippen LogP contribution >= 0.6 is 0 Å². The summed E-state index contributed by atoms with van der Waals surface area (Å²) >= 11 is 0. The first-order valence-corrected chi connectivity index (χ1v) is 9.67. The van der Waals surface area contributed by atoms with Crippen molar-refractivity contribution < 1.29 is 35.0 Å². The Balaban J connectivity index is 2.05. The quantitative estimate of drug-likeness (QED) is 0.465. The minimum absolute atomic E-state index is 0.132. The summed E-state index contributed by atoms with van der Waals surface area (Å²) in [6.45, 7) is 1.53. The molecule has 5 atom stereocenters. The number of aliphatic hydroxyl groups is 4. The van der Waals surface area contributed by atoms with E-state index in [1.54, 1.807) is 43.3 Å². The van der Waals surface area contributed by atoms with Crippen molar-refractivity contribution >= 4 is 0 Å². The lowest BCUT2D eigenvalue weighted by molar-refractivity contribution is -0.232. The zero-order chi connectivity index (χ0) is 21.8. The molecular formula is C22H25NO7. The van der Waals surface area contributed by atoms with Crippen LogP contribution in [0, 0.1) is 11.3 Å². The maximum Gasteiger partial charge on any atom is 0.126 e. The van der Waals surface area contributed by atoms with Crippen molar-refractivity contribution in [3.63, 3.8) is 0 Å². The van der Waals surface area contributed by atoms with Crippen molar-refractivity contribution in [2.45, 2.75) is 43.9 Å². The summed E-state index contributed by atoms with van der Waals surface area (Å²) < 4.78 is 11.3. The van der Waals surface area contributed by atoms with Crippen molar-refractivity contribution in [1.82, 2.24) is 0 Å². The first-order valence-electron chi connectivity index (χ1n) is 9.67. The minimum atomic E-state index is -1.52. The molecule has 2 aromatic rings. The lowest BCUT2D eigenvalue weighted by Crippen LogP contribution is -2.55. The predicted octanol–water partition coefficient (Wildman–Crippen LogP) is 0.768. The fourth-order valence-corrected chi connectivity index (χ4v) is 3.59. The Labute approximate surface area is 174 Å². The average molecular weight is 415 g/mol. The van der Waals surface area contributed by atoms with Gasteiger partial charge in [0.05, 0.1) is 24.8 Å². The highest BCUT2D eigenvalue weighted by Gasteiger charge is 2.45. The van der Waals surface area contributed by atoms with E-state index in [-0.39, 0.29) is 5.75 Å². The summed E-state index contributed by atoms with van der Waals surface area (Å²) in [5, 5.41) is 59.3. The summed E-state index contributed by atoms with van der Waals surface area (Å²) in [5.41, 5.74) is 2.27. The maximum absolute atomic E-state index is 10.5. The van der Waals surface area contributed by atoms with E-state index in [2.05, 4.69) is 6.07 Å². The molecule has 160 valence electrons. The molecule has 3 rings (SSSR count). The number of phenolic OH excluding ortho intramolecular Hbond substituents is 1. The van der Waals surface area contributed by atoms with E-state index in [1.807, 2.05) is 0 Å². The molecule has 2 aromatic carbocycles. The number of ether oxygens (including phenoxy) is 2. The van der Waals surface area contributed by atoms with E-state index in [0.717, 1.165) is 5.56 Å². The highest BCUT2D eigenvalue weighted by atomic mass is 16.5. The molecule has 1 heterocycles. The van der Waals surface area contributed by atoms with E-state index in [4.69, 9.17) is 9.47 Å². The molecule has 0 aliphatic carbocycles. The second-order valence-corrected chi connectivity index (χ2v) is 7.18. The van der Waals surface area contributed by atoms with Crippen LogP contribution in [0.1, 0.15) is 35.3 Å². The van der Waals surface area contributed by atoms with Crippen molar-refractivity contribution in [3.05, 3.63) is 58.7 Å². The van der Waals surface area contributed by atoms with Crippen LogP contribution < -0.4 is 4.74 Å². The van der Waals surface area contributed by atoms with E-state index in [9.17, 15) is 30.8 Å². The van der Waals surface area contributed by atoms with Gasteiger partial charge in [-0.3, -0.25) is 0 Å². The highest BCUT2D eigenvalue weighted by molar-refractivity contribution is 5.51. The number of aromatic hydroxyl groups is 1. The second kappa shape index (κ2) is 9.43. The molecule has 0 radical (unpaired) electrons. The van der Waals surface area contributed by atoms with Crippen LogP contribution in [0.3, 0.4) is 0 Å². The zero-order valence-corrected chi connectivity index (χ0v) is 16.5. The van der Waals surface area contributed by atoms with Gasteiger partial charge in [-0.15, -0.1) is 0 Å². The third kappa shape index (κ3) is 4.41. The fraction of sp³-hybridized carbons (Fsp3) is 0.409. The molecule has 0 aromatic heterocycles. The van der Waals surface area contributed by atoms with Crippen LogP contribution in [0.4, 0.5) is 0 Å². The van der Waals surface area contributed by atoms with Crippen molar-refractivity contribution in [1.29, 1.82) is 5.26 Å². The van der Waals surface area contributed by atoms with Gasteiger partial charge < -0.3 is 35.0 Å². The number of benzene rings is 2. The summed E-state index contributed by atoms with van der Waals surface area (Å²) in [7, 11) is 0. The van der Waals surface area contributed by atoms with Gasteiger partial charge in [-0.2, -0.15) is 5.26 Å². The van der Waals surface area contributed by atoms with Crippen LogP contribution in [-0.2, 0) is 11.2 Å². The van der Waals surface area contributed by atoms with E-state index in [1.165, 1.54) is 0 Å². The molecule has 8 heteroatoms. The van der Waals surface area contributed by atoms with Gasteiger partial charge in [-0.1, -0.05) is 12.1 Å². The monoisotopic (exact) mass is 415 g/mol. The molecule has 8 nitrogen and oxygen atoms in total. The first kappa shape index (κ1) is 22.0. The molecule has 0 amide bonds. The van der Waals surface area contributed by atoms with Crippen LogP contribution in [0.25, 0.3) is 0 Å². The number of nitrogens with zero attached hydrogens (tertiary/aromatic N) is 1. The molecule has 1 aliphatic heterocycles. The van der Waals surface area contributed by atoms with Gasteiger partial charge >= 0.3 is 0 Å². The van der Waals surface area contributed by atoms with Crippen LogP contribution in [0.2, 0.25) is 0 Å². The fourth-order valence-electron chi connectivity index (χ4n) is 3.59. The third-order valence-corrected chi connectivity index (χ3v) is 5.19. The lowest BCUT2D eigenvalue weighted by Gasteiger charge is -2.40. The third-order valence-electron chi connectivity index (χ3n) is 5.19. The minimum Gasteiger partial charge on any atom is -0.508 e. The summed E-state index contributed by atoms with van der Waals surface area (Å²) in [6, 6.07) is 11.9. The number of hydrogen-bond donors (Lipinski definition) is 5. The average Bonchev–Trinajstić information content (AvgIpc) is 2.75. The molecule has 1 saturated heterocycles. The number of phenols is 1. The van der Waals surface area contributed by atoms with Gasteiger partial charge in [0, 0.05) is 5.56 Å². The Bertz CT molecular complexity index is 907. The molecule has 5 N–H and O–H groups in total. The first-order chi connectivity index (χ1) is 14.4. The SMILES string of the molecule is CCOc1cc(C#N)c(Cc2ccc(O)cc2)cc1[C@@H]1O[C@H](CO)[C@@H](O)[C@H](O)[C@H]1O. The second-order valence-electron chi connectivity index (χ2n) is 7.18. The van der Waals surface area contributed by atoms with Crippen LogP contribution in [-0.4, -0.2) is 63.2 Å². The van der Waals surface area contributed by atoms with Crippen molar-refractivity contribution in [2.24, 2.45) is 0 Å². The summed E-state index contributed by atoms with van der Waals surface area (Å²) in [5.74, 6) is 0.445.